The van der Waals surface area contributed by atoms with E-state index in [1.165, 1.54) is 63.5 Å². The molecule has 0 unspecified atom stereocenters. The first kappa shape index (κ1) is 18.5. The Hall–Kier alpha value is -1.55. The number of anilines is 2. The Morgan fingerprint density at radius 3 is 2.11 bits per heavy atom. The minimum Gasteiger partial charge on any atom is -0.372 e. The highest BCUT2D eigenvalue weighted by Gasteiger charge is 2.51. The van der Waals surface area contributed by atoms with Crippen molar-refractivity contribution in [2.45, 2.75) is 76.3 Å². The van der Waals surface area contributed by atoms with E-state index < -0.39 is 0 Å². The normalized spacial score (nSPS) is 35.0. The summed E-state index contributed by atoms with van der Waals surface area (Å²) >= 11 is 0. The van der Waals surface area contributed by atoms with Gasteiger partial charge in [0, 0.05) is 30.0 Å². The third-order valence-electron chi connectivity index (χ3n) is 7.81. The summed E-state index contributed by atoms with van der Waals surface area (Å²) in [5.41, 5.74) is 2.41. The van der Waals surface area contributed by atoms with Crippen LogP contribution in [-0.2, 0) is 4.79 Å². The zero-order valence-electron chi connectivity index (χ0n) is 17.3. The molecule has 1 heterocycles. The second kappa shape index (κ2) is 7.37. The maximum Gasteiger partial charge on any atom is 0.241 e. The van der Waals surface area contributed by atoms with Crippen molar-refractivity contribution in [1.29, 1.82) is 0 Å². The van der Waals surface area contributed by atoms with Gasteiger partial charge in [0.2, 0.25) is 5.91 Å². The van der Waals surface area contributed by atoms with Gasteiger partial charge in [-0.05, 0) is 107 Å². The van der Waals surface area contributed by atoms with Crippen molar-refractivity contribution in [3.8, 4) is 0 Å². The molecular formula is C24H35N3O. The van der Waals surface area contributed by atoms with Gasteiger partial charge in [0.1, 0.15) is 0 Å². The van der Waals surface area contributed by atoms with E-state index in [1.54, 1.807) is 0 Å². The number of carbonyl (C=O) groups excluding carboxylic acids is 1. The standard InChI is InChI=1S/C24H35N3O/c1-17(26-24-14-18-11-19(15-24)13-20(12-18)16-24)23(28)25-21-5-7-22(8-6-21)27-9-3-2-4-10-27/h5-8,17-20,26H,2-4,9-16H2,1H3,(H,25,28)/t17-,18?,19?,20?,24?/m0/s1. The molecule has 1 amide bonds. The first-order valence-corrected chi connectivity index (χ1v) is 11.5. The molecule has 0 radical (unpaired) electrons. The molecular weight excluding hydrogens is 346 g/mol. The van der Waals surface area contributed by atoms with Gasteiger partial charge in [-0.2, -0.15) is 0 Å². The van der Waals surface area contributed by atoms with Crippen molar-refractivity contribution in [1.82, 2.24) is 5.32 Å². The van der Waals surface area contributed by atoms with Gasteiger partial charge in [-0.15, -0.1) is 0 Å². The molecule has 5 fully saturated rings. The Labute approximate surface area is 169 Å². The highest BCUT2D eigenvalue weighted by atomic mass is 16.2. The lowest BCUT2D eigenvalue weighted by molar-refractivity contribution is -0.119. The Bertz CT molecular complexity index is 672. The van der Waals surface area contributed by atoms with E-state index in [1.807, 2.05) is 6.92 Å². The van der Waals surface area contributed by atoms with Crippen molar-refractivity contribution in [2.75, 3.05) is 23.3 Å². The molecule has 28 heavy (non-hydrogen) atoms. The van der Waals surface area contributed by atoms with Crippen molar-refractivity contribution in [2.24, 2.45) is 17.8 Å². The van der Waals surface area contributed by atoms with E-state index in [0.29, 0.717) is 0 Å². The molecule has 4 heteroatoms. The molecule has 6 rings (SSSR count). The molecule has 4 bridgehead atoms. The highest BCUT2D eigenvalue weighted by molar-refractivity contribution is 5.94. The average molecular weight is 382 g/mol. The number of hydrogen-bond acceptors (Lipinski definition) is 3. The van der Waals surface area contributed by atoms with Gasteiger partial charge < -0.3 is 15.5 Å². The minimum atomic E-state index is -0.141. The number of carbonyl (C=O) groups is 1. The van der Waals surface area contributed by atoms with Gasteiger partial charge >= 0.3 is 0 Å². The molecule has 4 aliphatic carbocycles. The molecule has 1 aliphatic heterocycles. The number of nitrogens with zero attached hydrogens (tertiary/aromatic N) is 1. The Balaban J connectivity index is 1.18. The predicted molar refractivity (Wildman–Crippen MR) is 115 cm³/mol. The lowest BCUT2D eigenvalue weighted by Crippen LogP contribution is -2.62. The summed E-state index contributed by atoms with van der Waals surface area (Å²) in [6, 6.07) is 8.27. The molecule has 5 aliphatic rings. The van der Waals surface area contributed by atoms with E-state index in [2.05, 4.69) is 39.8 Å². The fourth-order valence-electron chi connectivity index (χ4n) is 6.97. The van der Waals surface area contributed by atoms with Gasteiger partial charge in [-0.25, -0.2) is 0 Å². The fraction of sp³-hybridized carbons (Fsp3) is 0.708. The Morgan fingerprint density at radius 1 is 0.964 bits per heavy atom. The van der Waals surface area contributed by atoms with Gasteiger partial charge in [0.05, 0.1) is 6.04 Å². The molecule has 0 aromatic heterocycles. The smallest absolute Gasteiger partial charge is 0.241 e. The monoisotopic (exact) mass is 381 g/mol. The second-order valence-electron chi connectivity index (χ2n) is 10.1. The predicted octanol–water partition coefficient (Wildman–Crippen LogP) is 4.56. The number of benzene rings is 1. The number of piperidine rings is 1. The van der Waals surface area contributed by atoms with Gasteiger partial charge in [0.15, 0.2) is 0 Å². The zero-order chi connectivity index (χ0) is 19.1. The summed E-state index contributed by atoms with van der Waals surface area (Å²) < 4.78 is 0. The molecule has 1 aromatic carbocycles. The van der Waals surface area contributed by atoms with Crippen LogP contribution < -0.4 is 15.5 Å². The number of amides is 1. The van der Waals surface area contributed by atoms with Crippen LogP contribution >= 0.6 is 0 Å². The van der Waals surface area contributed by atoms with Crippen molar-refractivity contribution in [3.05, 3.63) is 24.3 Å². The van der Waals surface area contributed by atoms with E-state index in [9.17, 15) is 4.79 Å². The Kier molecular flexibility index (Phi) is 4.86. The summed E-state index contributed by atoms with van der Waals surface area (Å²) in [5, 5.41) is 6.92. The lowest BCUT2D eigenvalue weighted by Gasteiger charge is -2.57. The van der Waals surface area contributed by atoms with Crippen LogP contribution in [0.2, 0.25) is 0 Å². The van der Waals surface area contributed by atoms with Crippen LogP contribution in [0.1, 0.15) is 64.7 Å². The third kappa shape index (κ3) is 3.68. The van der Waals surface area contributed by atoms with E-state index >= 15 is 0 Å². The van der Waals surface area contributed by atoms with Crippen LogP contribution in [0.4, 0.5) is 11.4 Å². The maximum atomic E-state index is 12.8. The zero-order valence-corrected chi connectivity index (χ0v) is 17.3. The highest BCUT2D eigenvalue weighted by Crippen LogP contribution is 2.55. The fourth-order valence-corrected chi connectivity index (χ4v) is 6.97. The lowest BCUT2D eigenvalue weighted by atomic mass is 9.53. The van der Waals surface area contributed by atoms with Gasteiger partial charge in [-0.1, -0.05) is 0 Å². The minimum absolute atomic E-state index is 0.0986. The molecule has 4 nitrogen and oxygen atoms in total. The largest absolute Gasteiger partial charge is 0.372 e. The number of hydrogen-bond donors (Lipinski definition) is 2. The Morgan fingerprint density at radius 2 is 1.54 bits per heavy atom. The van der Waals surface area contributed by atoms with Crippen molar-refractivity contribution < 1.29 is 4.79 Å². The average Bonchev–Trinajstić information content (AvgIpc) is 2.68. The molecule has 0 spiro atoms. The molecule has 4 saturated carbocycles. The number of nitrogens with one attached hydrogen (secondary N) is 2. The SMILES string of the molecule is C[C@H](NC12CC3CC(CC(C3)C1)C2)C(=O)Nc1ccc(N2CCCCC2)cc1. The van der Waals surface area contributed by atoms with Gasteiger partial charge in [0.25, 0.3) is 0 Å². The first-order valence-electron chi connectivity index (χ1n) is 11.5. The molecule has 152 valence electrons. The molecule has 1 aromatic rings. The second-order valence-corrected chi connectivity index (χ2v) is 10.1. The number of rotatable bonds is 5. The van der Waals surface area contributed by atoms with E-state index in [-0.39, 0.29) is 17.5 Å². The van der Waals surface area contributed by atoms with E-state index in [0.717, 1.165) is 36.5 Å². The summed E-state index contributed by atoms with van der Waals surface area (Å²) in [7, 11) is 0. The quantitative estimate of drug-likeness (QED) is 0.786. The van der Waals surface area contributed by atoms with Gasteiger partial charge in [-0.3, -0.25) is 4.79 Å². The van der Waals surface area contributed by atoms with Crippen LogP contribution in [0.3, 0.4) is 0 Å². The van der Waals surface area contributed by atoms with Crippen LogP contribution in [-0.4, -0.2) is 30.6 Å². The molecule has 1 saturated heterocycles. The summed E-state index contributed by atoms with van der Waals surface area (Å²) in [5.74, 6) is 2.80. The summed E-state index contributed by atoms with van der Waals surface area (Å²) in [6.07, 6.45) is 12.1. The summed E-state index contributed by atoms with van der Waals surface area (Å²) in [4.78, 5) is 15.3. The van der Waals surface area contributed by atoms with Crippen molar-refractivity contribution >= 4 is 17.3 Å². The topological polar surface area (TPSA) is 44.4 Å². The molecule has 1 atom stereocenters. The third-order valence-corrected chi connectivity index (χ3v) is 7.81. The van der Waals surface area contributed by atoms with Crippen LogP contribution in [0, 0.1) is 17.8 Å². The molecule has 2 N–H and O–H groups in total. The summed E-state index contributed by atoms with van der Waals surface area (Å²) in [6.45, 7) is 4.34. The maximum absolute atomic E-state index is 12.8. The van der Waals surface area contributed by atoms with Crippen LogP contribution in [0.25, 0.3) is 0 Å². The van der Waals surface area contributed by atoms with E-state index in [4.69, 9.17) is 0 Å². The van der Waals surface area contributed by atoms with Crippen molar-refractivity contribution in [3.63, 3.8) is 0 Å². The first-order chi connectivity index (χ1) is 13.6. The van der Waals surface area contributed by atoms with Crippen LogP contribution in [0.5, 0.6) is 0 Å². The van der Waals surface area contributed by atoms with Crippen LogP contribution in [0.15, 0.2) is 24.3 Å².